The van der Waals surface area contributed by atoms with E-state index in [-0.39, 0.29) is 12.4 Å². The third-order valence-electron chi connectivity index (χ3n) is 2.51. The number of benzene rings is 1. The molecular weight excluding hydrogens is 266 g/mol. The van der Waals surface area contributed by atoms with Gasteiger partial charge < -0.3 is 14.8 Å². The minimum atomic E-state index is -0.282. The molecule has 1 rings (SSSR count). The fourth-order valence-corrected chi connectivity index (χ4v) is 1.68. The molecule has 0 aliphatic carbocycles. The van der Waals surface area contributed by atoms with E-state index in [9.17, 15) is 4.79 Å². The van der Waals surface area contributed by atoms with Gasteiger partial charge in [-0.05, 0) is 18.2 Å². The molecule has 0 heterocycles. The van der Waals surface area contributed by atoms with Crippen LogP contribution in [0.25, 0.3) is 0 Å². The summed E-state index contributed by atoms with van der Waals surface area (Å²) in [5.41, 5.74) is 0.978. The number of methoxy groups -OCH3 is 1. The molecule has 0 radical (unpaired) electrons. The summed E-state index contributed by atoms with van der Waals surface area (Å²) in [7, 11) is 1.36. The van der Waals surface area contributed by atoms with Crippen molar-refractivity contribution in [3.05, 3.63) is 28.8 Å². The second-order valence-corrected chi connectivity index (χ2v) is 4.90. The normalized spacial score (nSPS) is 10.6. The zero-order chi connectivity index (χ0) is 14.3. The lowest BCUT2D eigenvalue weighted by molar-refractivity contribution is -0.141. The lowest BCUT2D eigenvalue weighted by Gasteiger charge is -2.14. The van der Waals surface area contributed by atoms with Gasteiger partial charge in [-0.2, -0.15) is 0 Å². The van der Waals surface area contributed by atoms with Crippen molar-refractivity contribution >= 4 is 17.6 Å². The molecule has 1 aromatic rings. The van der Waals surface area contributed by atoms with E-state index in [1.807, 2.05) is 12.1 Å². The molecule has 106 valence electrons. The molecule has 0 saturated carbocycles. The molecule has 4 nitrogen and oxygen atoms in total. The van der Waals surface area contributed by atoms with E-state index < -0.39 is 0 Å². The molecule has 0 bridgehead atoms. The molecule has 0 unspecified atom stereocenters. The Bertz CT molecular complexity index is 421. The Hall–Kier alpha value is -1.26. The first-order valence-corrected chi connectivity index (χ1v) is 6.62. The third-order valence-corrected chi connectivity index (χ3v) is 2.75. The zero-order valence-corrected chi connectivity index (χ0v) is 12.3. The highest BCUT2D eigenvalue weighted by Crippen LogP contribution is 2.23. The number of nitrogens with one attached hydrogen (secondary N) is 1. The molecule has 1 N–H and O–H groups in total. The van der Waals surface area contributed by atoms with E-state index in [1.54, 1.807) is 6.07 Å². The van der Waals surface area contributed by atoms with Crippen LogP contribution in [0.5, 0.6) is 5.75 Å². The predicted octanol–water partition coefficient (Wildman–Crippen LogP) is 2.78. The Morgan fingerprint density at radius 1 is 1.42 bits per heavy atom. The van der Waals surface area contributed by atoms with Crippen molar-refractivity contribution in [3.63, 3.8) is 0 Å². The van der Waals surface area contributed by atoms with Crippen molar-refractivity contribution in [2.45, 2.75) is 32.9 Å². The molecule has 19 heavy (non-hydrogen) atoms. The quantitative estimate of drug-likeness (QED) is 0.783. The van der Waals surface area contributed by atoms with Crippen LogP contribution in [0.3, 0.4) is 0 Å². The minimum Gasteiger partial charge on any atom is -0.493 e. The molecule has 0 aliphatic rings. The zero-order valence-electron chi connectivity index (χ0n) is 11.5. The van der Waals surface area contributed by atoms with Crippen LogP contribution in [0, 0.1) is 0 Å². The molecule has 0 aliphatic heterocycles. The maximum atomic E-state index is 11.0. The fourth-order valence-electron chi connectivity index (χ4n) is 1.49. The summed E-state index contributed by atoms with van der Waals surface area (Å²) in [6.07, 6.45) is 0.232. The first kappa shape index (κ1) is 15.8. The maximum absolute atomic E-state index is 11.0. The van der Waals surface area contributed by atoms with Crippen LogP contribution >= 0.6 is 11.6 Å². The predicted molar refractivity (Wildman–Crippen MR) is 75.6 cm³/mol. The molecule has 0 amide bonds. The Balaban J connectivity index is 2.62. The first-order valence-electron chi connectivity index (χ1n) is 6.24. The van der Waals surface area contributed by atoms with Crippen molar-refractivity contribution < 1.29 is 14.3 Å². The van der Waals surface area contributed by atoms with Crippen molar-refractivity contribution in [2.24, 2.45) is 0 Å². The van der Waals surface area contributed by atoms with Gasteiger partial charge in [-0.25, -0.2) is 0 Å². The second-order valence-electron chi connectivity index (χ2n) is 4.46. The van der Waals surface area contributed by atoms with Crippen molar-refractivity contribution in [1.29, 1.82) is 0 Å². The van der Waals surface area contributed by atoms with E-state index in [4.69, 9.17) is 16.3 Å². The Labute approximate surface area is 119 Å². The van der Waals surface area contributed by atoms with E-state index in [2.05, 4.69) is 23.9 Å². The number of halogens is 1. The third kappa shape index (κ3) is 5.94. The summed E-state index contributed by atoms with van der Waals surface area (Å²) in [6.45, 7) is 5.11. The smallest absolute Gasteiger partial charge is 0.308 e. The molecule has 0 atom stereocenters. The molecule has 5 heteroatoms. The van der Waals surface area contributed by atoms with E-state index >= 15 is 0 Å². The van der Waals surface area contributed by atoms with Crippen LogP contribution in [0.2, 0.25) is 5.02 Å². The van der Waals surface area contributed by atoms with Gasteiger partial charge in [0.05, 0.1) is 20.1 Å². The van der Waals surface area contributed by atoms with Gasteiger partial charge in [0.2, 0.25) is 0 Å². The van der Waals surface area contributed by atoms with Crippen LogP contribution in [-0.4, -0.2) is 25.7 Å². The van der Waals surface area contributed by atoms with Gasteiger partial charge in [-0.15, -0.1) is 0 Å². The highest BCUT2D eigenvalue weighted by atomic mass is 35.5. The van der Waals surface area contributed by atoms with Crippen molar-refractivity contribution in [3.8, 4) is 5.75 Å². The topological polar surface area (TPSA) is 47.6 Å². The number of carbonyl (C=O) groups is 1. The van der Waals surface area contributed by atoms with Gasteiger partial charge in [0.25, 0.3) is 0 Å². The first-order chi connectivity index (χ1) is 9.02. The molecule has 0 fully saturated rings. The molecule has 1 aromatic carbocycles. The monoisotopic (exact) mass is 285 g/mol. The highest BCUT2D eigenvalue weighted by molar-refractivity contribution is 6.30. The summed E-state index contributed by atoms with van der Waals surface area (Å²) in [5.74, 6) is 0.456. The summed E-state index contributed by atoms with van der Waals surface area (Å²) in [6, 6.07) is 5.83. The molecule has 0 aromatic heterocycles. The number of ether oxygens (including phenoxy) is 2. The standard InChI is InChI=1S/C14H20ClNO3/c1-10(2)16-9-11-8-12(15)4-5-13(11)19-7-6-14(17)18-3/h4-5,8,10,16H,6-7,9H2,1-3H3. The average molecular weight is 286 g/mol. The summed E-state index contributed by atoms with van der Waals surface area (Å²) in [4.78, 5) is 11.0. The van der Waals surface area contributed by atoms with Gasteiger partial charge in [0, 0.05) is 23.2 Å². The lowest BCUT2D eigenvalue weighted by Crippen LogP contribution is -2.22. The summed E-state index contributed by atoms with van der Waals surface area (Å²) in [5, 5.41) is 3.98. The second kappa shape index (κ2) is 8.02. The Kier molecular flexibility index (Phi) is 6.67. The van der Waals surface area contributed by atoms with E-state index in [1.165, 1.54) is 7.11 Å². The number of esters is 1. The van der Waals surface area contributed by atoms with Gasteiger partial charge in [0.15, 0.2) is 0 Å². The van der Waals surface area contributed by atoms with E-state index in [0.717, 1.165) is 11.3 Å². The molecule has 0 spiro atoms. The van der Waals surface area contributed by atoms with Crippen LogP contribution in [0.1, 0.15) is 25.8 Å². The highest BCUT2D eigenvalue weighted by Gasteiger charge is 2.07. The minimum absolute atomic E-state index is 0.232. The van der Waals surface area contributed by atoms with Crippen LogP contribution in [0.15, 0.2) is 18.2 Å². The van der Waals surface area contributed by atoms with Crippen LogP contribution in [-0.2, 0) is 16.1 Å². The van der Waals surface area contributed by atoms with Gasteiger partial charge >= 0.3 is 5.97 Å². The number of hydrogen-bond acceptors (Lipinski definition) is 4. The number of carbonyl (C=O) groups excluding carboxylic acids is 1. The Morgan fingerprint density at radius 2 is 2.16 bits per heavy atom. The molecular formula is C14H20ClNO3. The van der Waals surface area contributed by atoms with Gasteiger partial charge in [-0.1, -0.05) is 25.4 Å². The van der Waals surface area contributed by atoms with Crippen molar-refractivity contribution in [1.82, 2.24) is 5.32 Å². The van der Waals surface area contributed by atoms with Crippen LogP contribution in [0.4, 0.5) is 0 Å². The number of hydrogen-bond donors (Lipinski definition) is 1. The summed E-state index contributed by atoms with van der Waals surface area (Å²) < 4.78 is 10.2. The largest absolute Gasteiger partial charge is 0.493 e. The maximum Gasteiger partial charge on any atom is 0.308 e. The number of rotatable bonds is 7. The lowest BCUT2D eigenvalue weighted by atomic mass is 10.2. The fraction of sp³-hybridized carbons (Fsp3) is 0.500. The van der Waals surface area contributed by atoms with Gasteiger partial charge in [-0.3, -0.25) is 4.79 Å². The van der Waals surface area contributed by atoms with Gasteiger partial charge in [0.1, 0.15) is 5.75 Å². The van der Waals surface area contributed by atoms with E-state index in [0.29, 0.717) is 24.2 Å². The Morgan fingerprint density at radius 3 is 2.79 bits per heavy atom. The van der Waals surface area contributed by atoms with Crippen LogP contribution < -0.4 is 10.1 Å². The summed E-state index contributed by atoms with van der Waals surface area (Å²) >= 11 is 5.98. The SMILES string of the molecule is COC(=O)CCOc1ccc(Cl)cc1CNC(C)C. The molecule has 0 saturated heterocycles. The average Bonchev–Trinajstić information content (AvgIpc) is 2.38. The van der Waals surface area contributed by atoms with Crippen molar-refractivity contribution in [2.75, 3.05) is 13.7 Å².